The number of nitro benzene ring substituents is 1. The number of halogens is 1. The van der Waals surface area contributed by atoms with E-state index in [1.165, 1.54) is 25.1 Å². The Kier molecular flexibility index (Phi) is 5.61. The molecule has 0 saturated carbocycles. The molecule has 1 aromatic carbocycles. The number of nitrogens with zero attached hydrogens (tertiary/aromatic N) is 1. The molecule has 0 aliphatic rings. The summed E-state index contributed by atoms with van der Waals surface area (Å²) in [5, 5.41) is 33.0. The van der Waals surface area contributed by atoms with Crippen LogP contribution in [-0.2, 0) is 4.79 Å². The lowest BCUT2D eigenvalue weighted by molar-refractivity contribution is -0.384. The minimum atomic E-state index is -1.47. The standard InChI is InChI=1S/C11H12BrN3O6/c1-5(16)9(10(17)18)14-11(19)13-8-3-2-6(15(20)21)4-7(8)12/h2-5,9,16H,1H3,(H,17,18)(H2,13,14,19). The monoisotopic (exact) mass is 361 g/mol. The van der Waals surface area contributed by atoms with Crippen molar-refractivity contribution in [1.29, 1.82) is 0 Å². The van der Waals surface area contributed by atoms with Crippen molar-refractivity contribution < 1.29 is 24.7 Å². The minimum Gasteiger partial charge on any atom is -0.480 e. The Balaban J connectivity index is 2.79. The zero-order chi connectivity index (χ0) is 16.2. The van der Waals surface area contributed by atoms with Crippen molar-refractivity contribution in [3.05, 3.63) is 32.8 Å². The summed E-state index contributed by atoms with van der Waals surface area (Å²) >= 11 is 3.06. The van der Waals surface area contributed by atoms with E-state index in [-0.39, 0.29) is 15.8 Å². The van der Waals surface area contributed by atoms with Gasteiger partial charge in [0.1, 0.15) is 0 Å². The van der Waals surface area contributed by atoms with Gasteiger partial charge in [-0.3, -0.25) is 10.1 Å². The van der Waals surface area contributed by atoms with Crippen molar-refractivity contribution in [2.45, 2.75) is 19.1 Å². The second-order valence-corrected chi connectivity index (χ2v) is 4.93. The van der Waals surface area contributed by atoms with E-state index >= 15 is 0 Å². The van der Waals surface area contributed by atoms with Crippen LogP contribution in [0.25, 0.3) is 0 Å². The van der Waals surface area contributed by atoms with Gasteiger partial charge in [0.15, 0.2) is 6.04 Å². The summed E-state index contributed by atoms with van der Waals surface area (Å²) in [4.78, 5) is 32.5. The van der Waals surface area contributed by atoms with Crippen LogP contribution < -0.4 is 10.6 Å². The lowest BCUT2D eigenvalue weighted by Gasteiger charge is -2.17. The number of non-ortho nitro benzene ring substituents is 1. The molecule has 0 fully saturated rings. The maximum atomic E-state index is 11.7. The van der Waals surface area contributed by atoms with Crippen molar-refractivity contribution in [1.82, 2.24) is 5.32 Å². The third-order valence-corrected chi connectivity index (χ3v) is 3.10. The van der Waals surface area contributed by atoms with Crippen molar-refractivity contribution in [3.8, 4) is 0 Å². The predicted molar refractivity (Wildman–Crippen MR) is 76.1 cm³/mol. The summed E-state index contributed by atoms with van der Waals surface area (Å²) in [6, 6.07) is 1.34. The van der Waals surface area contributed by atoms with E-state index in [9.17, 15) is 24.8 Å². The lowest BCUT2D eigenvalue weighted by Crippen LogP contribution is -2.49. The number of urea groups is 1. The number of nitro groups is 1. The molecule has 0 aliphatic heterocycles. The summed E-state index contributed by atoms with van der Waals surface area (Å²) in [7, 11) is 0. The van der Waals surface area contributed by atoms with Gasteiger partial charge in [-0.25, -0.2) is 9.59 Å². The topological polar surface area (TPSA) is 142 Å². The van der Waals surface area contributed by atoms with Gasteiger partial charge in [0.2, 0.25) is 0 Å². The van der Waals surface area contributed by atoms with Gasteiger partial charge in [0, 0.05) is 16.6 Å². The van der Waals surface area contributed by atoms with Gasteiger partial charge in [-0.15, -0.1) is 0 Å². The van der Waals surface area contributed by atoms with Crippen LogP contribution in [0.1, 0.15) is 6.92 Å². The zero-order valence-corrected chi connectivity index (χ0v) is 12.3. The molecular weight excluding hydrogens is 350 g/mol. The van der Waals surface area contributed by atoms with E-state index in [0.29, 0.717) is 0 Å². The average Bonchev–Trinajstić information content (AvgIpc) is 2.37. The number of carbonyl (C=O) groups excluding carboxylic acids is 1. The normalized spacial score (nSPS) is 13.1. The molecule has 10 heteroatoms. The van der Waals surface area contributed by atoms with Crippen LogP contribution in [0.2, 0.25) is 0 Å². The van der Waals surface area contributed by atoms with E-state index < -0.39 is 29.1 Å². The average molecular weight is 362 g/mol. The van der Waals surface area contributed by atoms with Gasteiger partial charge in [-0.05, 0) is 28.9 Å². The number of aliphatic carboxylic acids is 1. The zero-order valence-electron chi connectivity index (χ0n) is 10.7. The molecule has 21 heavy (non-hydrogen) atoms. The molecule has 2 atom stereocenters. The first-order chi connectivity index (χ1) is 9.72. The predicted octanol–water partition coefficient (Wildman–Crippen LogP) is 1.31. The van der Waals surface area contributed by atoms with Gasteiger partial charge >= 0.3 is 12.0 Å². The van der Waals surface area contributed by atoms with E-state index in [4.69, 9.17) is 5.11 Å². The molecule has 0 saturated heterocycles. The highest BCUT2D eigenvalue weighted by molar-refractivity contribution is 9.10. The quantitative estimate of drug-likeness (QED) is 0.460. The molecule has 2 amide bonds. The number of aliphatic hydroxyl groups is 1. The number of amides is 2. The molecule has 114 valence electrons. The van der Waals surface area contributed by atoms with E-state index in [1.807, 2.05) is 0 Å². The number of hydrogen-bond donors (Lipinski definition) is 4. The second kappa shape index (κ2) is 6.99. The molecule has 0 aliphatic carbocycles. The number of hydrogen-bond acceptors (Lipinski definition) is 5. The van der Waals surface area contributed by atoms with Crippen LogP contribution in [0.4, 0.5) is 16.2 Å². The van der Waals surface area contributed by atoms with Crippen LogP contribution in [-0.4, -0.2) is 39.3 Å². The SMILES string of the molecule is CC(O)C(NC(=O)Nc1ccc([N+](=O)[O-])cc1Br)C(=O)O. The summed E-state index contributed by atoms with van der Waals surface area (Å²) < 4.78 is 0.260. The minimum absolute atomic E-state index is 0.166. The summed E-state index contributed by atoms with van der Waals surface area (Å²) in [5.74, 6) is -1.39. The Morgan fingerprint density at radius 2 is 2.05 bits per heavy atom. The Morgan fingerprint density at radius 1 is 1.43 bits per heavy atom. The van der Waals surface area contributed by atoms with E-state index in [1.54, 1.807) is 0 Å². The number of carbonyl (C=O) groups is 2. The molecule has 0 bridgehead atoms. The Bertz CT molecular complexity index is 577. The first-order valence-electron chi connectivity index (χ1n) is 5.64. The number of benzene rings is 1. The third kappa shape index (κ3) is 4.68. The molecule has 0 aromatic heterocycles. The van der Waals surface area contributed by atoms with Gasteiger partial charge in [0.05, 0.1) is 16.7 Å². The highest BCUT2D eigenvalue weighted by atomic mass is 79.9. The highest BCUT2D eigenvalue weighted by Crippen LogP contribution is 2.26. The fourth-order valence-corrected chi connectivity index (χ4v) is 1.87. The van der Waals surface area contributed by atoms with Crippen LogP contribution in [0.5, 0.6) is 0 Å². The maximum Gasteiger partial charge on any atom is 0.328 e. The lowest BCUT2D eigenvalue weighted by atomic mass is 10.2. The van der Waals surface area contributed by atoms with Crippen LogP contribution >= 0.6 is 15.9 Å². The highest BCUT2D eigenvalue weighted by Gasteiger charge is 2.25. The largest absolute Gasteiger partial charge is 0.480 e. The number of carboxylic acid groups (broad SMARTS) is 1. The number of anilines is 1. The summed E-state index contributed by atoms with van der Waals surface area (Å²) in [6.45, 7) is 1.22. The number of rotatable bonds is 5. The summed E-state index contributed by atoms with van der Waals surface area (Å²) in [5.41, 5.74) is 0.0491. The Hall–Kier alpha value is -2.20. The molecule has 0 radical (unpaired) electrons. The van der Waals surface area contributed by atoms with Crippen LogP contribution in [0.3, 0.4) is 0 Å². The molecule has 2 unspecified atom stereocenters. The molecule has 9 nitrogen and oxygen atoms in total. The van der Waals surface area contributed by atoms with E-state index in [0.717, 1.165) is 0 Å². The van der Waals surface area contributed by atoms with Crippen molar-refractivity contribution in [2.24, 2.45) is 0 Å². The summed E-state index contributed by atoms with van der Waals surface area (Å²) in [6.07, 6.45) is -1.28. The molecule has 0 heterocycles. The van der Waals surface area contributed by atoms with Crippen molar-refractivity contribution in [3.63, 3.8) is 0 Å². The fraction of sp³-hybridized carbons (Fsp3) is 0.273. The molecule has 4 N–H and O–H groups in total. The number of carboxylic acids is 1. The Morgan fingerprint density at radius 3 is 2.48 bits per heavy atom. The maximum absolute atomic E-state index is 11.7. The van der Waals surface area contributed by atoms with Gasteiger partial charge < -0.3 is 20.8 Å². The number of nitrogens with one attached hydrogen (secondary N) is 2. The van der Waals surface area contributed by atoms with Crippen molar-refractivity contribution >= 4 is 39.3 Å². The Labute approximate surface area is 127 Å². The smallest absolute Gasteiger partial charge is 0.328 e. The van der Waals surface area contributed by atoms with Crippen LogP contribution in [0.15, 0.2) is 22.7 Å². The van der Waals surface area contributed by atoms with Crippen molar-refractivity contribution in [2.75, 3.05) is 5.32 Å². The first kappa shape index (κ1) is 16.9. The second-order valence-electron chi connectivity index (χ2n) is 4.08. The molecule has 1 rings (SSSR count). The van der Waals surface area contributed by atoms with Gasteiger partial charge in [0.25, 0.3) is 5.69 Å². The molecule has 0 spiro atoms. The first-order valence-corrected chi connectivity index (χ1v) is 6.44. The van der Waals surface area contributed by atoms with Crippen LogP contribution in [0, 0.1) is 10.1 Å². The molecular formula is C11H12BrN3O6. The molecule has 1 aromatic rings. The van der Waals surface area contributed by atoms with Gasteiger partial charge in [-0.1, -0.05) is 0 Å². The van der Waals surface area contributed by atoms with E-state index in [2.05, 4.69) is 26.6 Å². The van der Waals surface area contributed by atoms with Gasteiger partial charge in [-0.2, -0.15) is 0 Å². The number of aliphatic hydroxyl groups excluding tert-OH is 1. The third-order valence-electron chi connectivity index (χ3n) is 2.45. The fourth-order valence-electron chi connectivity index (χ4n) is 1.41.